The first-order valence-electron chi connectivity index (χ1n) is 12.5. The molecule has 0 spiro atoms. The molecule has 5 rings (SSSR count). The van der Waals surface area contributed by atoms with Gasteiger partial charge in [-0.25, -0.2) is 4.79 Å². The minimum absolute atomic E-state index is 0.0274. The molecule has 2 aromatic rings. The summed E-state index contributed by atoms with van der Waals surface area (Å²) in [6.07, 6.45) is 2.56. The maximum absolute atomic E-state index is 13.6. The number of benzene rings is 2. The molecule has 188 valence electrons. The van der Waals surface area contributed by atoms with Crippen molar-refractivity contribution in [2.24, 2.45) is 0 Å². The monoisotopic (exact) mass is 488 g/mol. The lowest BCUT2D eigenvalue weighted by Crippen LogP contribution is -2.47. The first kappa shape index (κ1) is 24.1. The average Bonchev–Trinajstić information content (AvgIpc) is 3.23. The van der Waals surface area contributed by atoms with Crippen molar-refractivity contribution in [1.29, 1.82) is 0 Å². The molecule has 3 aliphatic heterocycles. The zero-order valence-electron chi connectivity index (χ0n) is 20.4. The SMILES string of the molecule is C=CCN1C(=O)NC(c2cccc(Oc3ccccc3)c2)C2=C1CN(CCCN1CCOCC1)C2=O. The van der Waals surface area contributed by atoms with Gasteiger partial charge in [-0.2, -0.15) is 0 Å². The van der Waals surface area contributed by atoms with Crippen molar-refractivity contribution in [3.05, 3.63) is 84.1 Å². The van der Waals surface area contributed by atoms with Crippen LogP contribution < -0.4 is 10.1 Å². The molecule has 0 aliphatic carbocycles. The van der Waals surface area contributed by atoms with Gasteiger partial charge in [0.2, 0.25) is 0 Å². The number of hydrogen-bond acceptors (Lipinski definition) is 5. The fourth-order valence-electron chi connectivity index (χ4n) is 4.99. The summed E-state index contributed by atoms with van der Waals surface area (Å²) in [6, 6.07) is 16.3. The van der Waals surface area contributed by atoms with Crippen LogP contribution in [0.2, 0.25) is 0 Å². The Balaban J connectivity index is 1.36. The lowest BCUT2D eigenvalue weighted by atomic mass is 9.95. The summed E-state index contributed by atoms with van der Waals surface area (Å²) in [4.78, 5) is 32.6. The number of ether oxygens (including phenoxy) is 2. The Morgan fingerprint density at radius 3 is 2.58 bits per heavy atom. The number of nitrogens with one attached hydrogen (secondary N) is 1. The number of rotatable bonds is 9. The van der Waals surface area contributed by atoms with E-state index in [1.165, 1.54) is 0 Å². The van der Waals surface area contributed by atoms with E-state index in [4.69, 9.17) is 9.47 Å². The summed E-state index contributed by atoms with van der Waals surface area (Å²) < 4.78 is 11.4. The third-order valence-electron chi connectivity index (χ3n) is 6.78. The molecule has 0 radical (unpaired) electrons. The lowest BCUT2D eigenvalue weighted by Gasteiger charge is -2.33. The number of nitrogens with zero attached hydrogens (tertiary/aromatic N) is 3. The summed E-state index contributed by atoms with van der Waals surface area (Å²) in [7, 11) is 0. The predicted molar refractivity (Wildman–Crippen MR) is 137 cm³/mol. The van der Waals surface area contributed by atoms with Gasteiger partial charge in [0.1, 0.15) is 11.5 Å². The molecule has 0 bridgehead atoms. The van der Waals surface area contributed by atoms with E-state index in [0.717, 1.165) is 56.3 Å². The second-order valence-corrected chi connectivity index (χ2v) is 9.16. The number of amides is 3. The molecule has 2 aromatic carbocycles. The summed E-state index contributed by atoms with van der Waals surface area (Å²) in [5.74, 6) is 1.35. The number of morpholine rings is 1. The minimum Gasteiger partial charge on any atom is -0.457 e. The fraction of sp³-hybridized carbons (Fsp3) is 0.357. The quantitative estimate of drug-likeness (QED) is 0.547. The van der Waals surface area contributed by atoms with Crippen LogP contribution >= 0.6 is 0 Å². The van der Waals surface area contributed by atoms with Gasteiger partial charge in [0.25, 0.3) is 5.91 Å². The smallest absolute Gasteiger partial charge is 0.322 e. The third kappa shape index (κ3) is 5.15. The van der Waals surface area contributed by atoms with Crippen LogP contribution in [0.25, 0.3) is 0 Å². The Hall–Kier alpha value is -3.62. The average molecular weight is 489 g/mol. The lowest BCUT2D eigenvalue weighted by molar-refractivity contribution is -0.125. The Bertz CT molecular complexity index is 1140. The summed E-state index contributed by atoms with van der Waals surface area (Å²) in [5, 5.41) is 3.05. The van der Waals surface area contributed by atoms with Crippen LogP contribution in [0.1, 0.15) is 18.0 Å². The second-order valence-electron chi connectivity index (χ2n) is 9.16. The largest absolute Gasteiger partial charge is 0.457 e. The molecule has 1 atom stereocenters. The van der Waals surface area contributed by atoms with Crippen LogP contribution in [-0.4, -0.2) is 79.1 Å². The van der Waals surface area contributed by atoms with Crippen molar-refractivity contribution >= 4 is 11.9 Å². The highest BCUT2D eigenvalue weighted by atomic mass is 16.5. The zero-order valence-corrected chi connectivity index (χ0v) is 20.4. The van der Waals surface area contributed by atoms with Gasteiger partial charge in [0.15, 0.2) is 0 Å². The number of hydrogen-bond donors (Lipinski definition) is 1. The minimum atomic E-state index is -0.537. The van der Waals surface area contributed by atoms with E-state index in [1.54, 1.807) is 11.0 Å². The van der Waals surface area contributed by atoms with Crippen molar-refractivity contribution in [1.82, 2.24) is 20.0 Å². The maximum Gasteiger partial charge on any atom is 0.322 e. The van der Waals surface area contributed by atoms with E-state index in [9.17, 15) is 9.59 Å². The highest BCUT2D eigenvalue weighted by Crippen LogP contribution is 2.37. The van der Waals surface area contributed by atoms with Gasteiger partial charge in [-0.1, -0.05) is 36.4 Å². The highest BCUT2D eigenvalue weighted by molar-refractivity contribution is 6.01. The Morgan fingerprint density at radius 2 is 1.81 bits per heavy atom. The molecule has 8 nitrogen and oxygen atoms in total. The first-order chi connectivity index (χ1) is 17.6. The standard InChI is InChI=1S/C28H32N4O4/c1-2-12-32-24-20-31(14-7-13-30-15-17-35-18-16-30)27(33)25(24)26(29-28(32)34)21-8-6-11-23(19-21)36-22-9-4-3-5-10-22/h2-6,8-11,19,26H,1,7,12-18,20H2,(H,29,34). The summed E-state index contributed by atoms with van der Waals surface area (Å²) >= 11 is 0. The van der Waals surface area contributed by atoms with Crippen molar-refractivity contribution in [2.75, 3.05) is 52.5 Å². The molecule has 3 aliphatic rings. The van der Waals surface area contributed by atoms with E-state index < -0.39 is 6.04 Å². The van der Waals surface area contributed by atoms with Crippen LogP contribution in [-0.2, 0) is 9.53 Å². The van der Waals surface area contributed by atoms with Gasteiger partial charge in [-0.15, -0.1) is 6.58 Å². The Labute approximate surface area is 211 Å². The van der Waals surface area contributed by atoms with E-state index in [0.29, 0.717) is 31.0 Å². The molecule has 1 N–H and O–H groups in total. The van der Waals surface area contributed by atoms with Crippen molar-refractivity contribution in [3.8, 4) is 11.5 Å². The van der Waals surface area contributed by atoms with E-state index in [-0.39, 0.29) is 11.9 Å². The molecule has 1 saturated heterocycles. The Kier molecular flexibility index (Phi) is 7.34. The number of para-hydroxylation sites is 1. The highest BCUT2D eigenvalue weighted by Gasteiger charge is 2.43. The predicted octanol–water partition coefficient (Wildman–Crippen LogP) is 3.55. The van der Waals surface area contributed by atoms with Crippen molar-refractivity contribution in [3.63, 3.8) is 0 Å². The molecule has 1 unspecified atom stereocenters. The Morgan fingerprint density at radius 1 is 1.03 bits per heavy atom. The van der Waals surface area contributed by atoms with Crippen molar-refractivity contribution in [2.45, 2.75) is 12.5 Å². The van der Waals surface area contributed by atoms with Gasteiger partial charge >= 0.3 is 6.03 Å². The third-order valence-corrected chi connectivity index (χ3v) is 6.78. The van der Waals surface area contributed by atoms with Gasteiger partial charge in [-0.3, -0.25) is 14.6 Å². The van der Waals surface area contributed by atoms with E-state index >= 15 is 0 Å². The van der Waals surface area contributed by atoms with Crippen LogP contribution in [0, 0.1) is 0 Å². The van der Waals surface area contributed by atoms with E-state index in [1.807, 2.05) is 59.5 Å². The van der Waals surface area contributed by atoms with E-state index in [2.05, 4.69) is 16.8 Å². The van der Waals surface area contributed by atoms with Crippen LogP contribution in [0.5, 0.6) is 11.5 Å². The zero-order chi connectivity index (χ0) is 24.9. The van der Waals surface area contributed by atoms with Gasteiger partial charge in [0.05, 0.1) is 37.1 Å². The first-order valence-corrected chi connectivity index (χ1v) is 12.5. The van der Waals surface area contributed by atoms with Crippen LogP contribution in [0.4, 0.5) is 4.79 Å². The number of urea groups is 1. The number of carbonyl (C=O) groups is 2. The molecule has 3 amide bonds. The molecule has 1 fully saturated rings. The van der Waals surface area contributed by atoms with Gasteiger partial charge in [0, 0.05) is 32.7 Å². The van der Waals surface area contributed by atoms with Crippen LogP contribution in [0.3, 0.4) is 0 Å². The van der Waals surface area contributed by atoms with Crippen LogP contribution in [0.15, 0.2) is 78.5 Å². The summed E-state index contributed by atoms with van der Waals surface area (Å²) in [5.41, 5.74) is 2.19. The molecule has 36 heavy (non-hydrogen) atoms. The second kappa shape index (κ2) is 11.0. The molecular formula is C28H32N4O4. The fourth-order valence-corrected chi connectivity index (χ4v) is 4.99. The molecule has 0 saturated carbocycles. The molecule has 3 heterocycles. The molecule has 0 aromatic heterocycles. The van der Waals surface area contributed by atoms with Gasteiger partial charge < -0.3 is 19.7 Å². The van der Waals surface area contributed by atoms with Crippen molar-refractivity contribution < 1.29 is 19.1 Å². The normalized spacial score (nSPS) is 20.4. The molecule has 8 heteroatoms. The molecular weight excluding hydrogens is 456 g/mol. The maximum atomic E-state index is 13.6. The topological polar surface area (TPSA) is 74.4 Å². The summed E-state index contributed by atoms with van der Waals surface area (Å²) in [6.45, 7) is 9.52. The number of carbonyl (C=O) groups excluding carboxylic acids is 2. The van der Waals surface area contributed by atoms with Gasteiger partial charge in [-0.05, 0) is 36.2 Å².